The average molecular weight is 497 g/mol. The highest BCUT2D eigenvalue weighted by atomic mass is 32.1. The molecule has 1 amide bonds. The molecule has 8 nitrogen and oxygen atoms in total. The van der Waals surface area contributed by atoms with Gasteiger partial charge in [0, 0.05) is 23.5 Å². The van der Waals surface area contributed by atoms with Gasteiger partial charge in [-0.2, -0.15) is 5.10 Å². The monoisotopic (exact) mass is 496 g/mol. The number of thiophene rings is 1. The van der Waals surface area contributed by atoms with Gasteiger partial charge in [0.25, 0.3) is 5.91 Å². The van der Waals surface area contributed by atoms with Gasteiger partial charge in [-0.05, 0) is 40.8 Å². The molecule has 36 heavy (non-hydrogen) atoms. The summed E-state index contributed by atoms with van der Waals surface area (Å²) in [6, 6.07) is 23.8. The van der Waals surface area contributed by atoms with Gasteiger partial charge in [0.05, 0.1) is 25.4 Å². The van der Waals surface area contributed by atoms with Crippen molar-refractivity contribution < 1.29 is 9.90 Å². The number of carbonyl (C=O) groups excluding carboxylic acids is 1. The Morgan fingerprint density at radius 1 is 0.944 bits per heavy atom. The van der Waals surface area contributed by atoms with E-state index in [1.54, 1.807) is 16.0 Å². The van der Waals surface area contributed by atoms with Crippen LogP contribution in [-0.4, -0.2) is 53.6 Å². The molecule has 0 saturated carbocycles. The van der Waals surface area contributed by atoms with Crippen LogP contribution in [0.5, 0.6) is 0 Å². The number of benzene rings is 2. The maximum Gasteiger partial charge on any atom is 0.254 e. The minimum absolute atomic E-state index is 0.00965. The number of aliphatic hydroxyl groups is 1. The fourth-order valence-electron chi connectivity index (χ4n) is 4.56. The Labute approximate surface area is 212 Å². The number of aliphatic hydroxyl groups excluding tert-OH is 1. The van der Waals surface area contributed by atoms with E-state index in [9.17, 15) is 9.90 Å². The maximum atomic E-state index is 13.2. The van der Waals surface area contributed by atoms with Crippen LogP contribution in [-0.2, 0) is 19.6 Å². The van der Waals surface area contributed by atoms with Crippen LogP contribution in [0.15, 0.2) is 78.2 Å². The maximum absolute atomic E-state index is 13.2. The summed E-state index contributed by atoms with van der Waals surface area (Å²) >= 11 is 1.68. The molecule has 1 N–H and O–H groups in total. The van der Waals surface area contributed by atoms with E-state index in [2.05, 4.69) is 16.3 Å². The second-order valence-corrected chi connectivity index (χ2v) is 9.55. The molecule has 0 fully saturated rings. The van der Waals surface area contributed by atoms with Crippen LogP contribution in [0, 0.1) is 0 Å². The van der Waals surface area contributed by atoms with Gasteiger partial charge >= 0.3 is 0 Å². The van der Waals surface area contributed by atoms with Gasteiger partial charge in [0.2, 0.25) is 0 Å². The van der Waals surface area contributed by atoms with Gasteiger partial charge in [-0.3, -0.25) is 9.48 Å². The third-order valence-electron chi connectivity index (χ3n) is 6.37. The lowest BCUT2D eigenvalue weighted by molar-refractivity contribution is 0.0708. The van der Waals surface area contributed by atoms with Gasteiger partial charge in [-0.15, -0.1) is 21.5 Å². The minimum Gasteiger partial charge on any atom is -0.394 e. The van der Waals surface area contributed by atoms with E-state index in [-0.39, 0.29) is 12.5 Å². The second kappa shape index (κ2) is 9.52. The smallest absolute Gasteiger partial charge is 0.254 e. The molecule has 0 bridgehead atoms. The van der Waals surface area contributed by atoms with E-state index >= 15 is 0 Å². The summed E-state index contributed by atoms with van der Waals surface area (Å²) in [6.07, 6.45) is 0. The fraction of sp³-hybridized carbons (Fsp3) is 0.185. The van der Waals surface area contributed by atoms with E-state index in [1.165, 1.54) is 4.88 Å². The molecule has 2 aromatic carbocycles. The first-order valence-corrected chi connectivity index (χ1v) is 12.7. The molecule has 0 aliphatic carbocycles. The van der Waals surface area contributed by atoms with E-state index in [1.807, 2.05) is 81.6 Å². The molecular weight excluding hydrogens is 472 g/mol. The summed E-state index contributed by atoms with van der Waals surface area (Å²) in [6.45, 7) is 1.92. The topological polar surface area (TPSA) is 89.1 Å². The van der Waals surface area contributed by atoms with Crippen LogP contribution in [0.25, 0.3) is 33.2 Å². The lowest BCUT2D eigenvalue weighted by Gasteiger charge is -2.27. The highest BCUT2D eigenvalue weighted by Gasteiger charge is 2.27. The Hall–Kier alpha value is -4.08. The first kappa shape index (κ1) is 22.4. The summed E-state index contributed by atoms with van der Waals surface area (Å²) in [7, 11) is 0. The van der Waals surface area contributed by atoms with Gasteiger partial charge in [-0.25, -0.2) is 0 Å². The van der Waals surface area contributed by atoms with Crippen molar-refractivity contribution in [2.24, 2.45) is 0 Å². The summed E-state index contributed by atoms with van der Waals surface area (Å²) in [5.41, 5.74) is 4.41. The average Bonchev–Trinajstić information content (AvgIpc) is 3.69. The number of fused-ring (bicyclic) bond motifs is 1. The van der Waals surface area contributed by atoms with Crippen LogP contribution in [0.3, 0.4) is 0 Å². The molecule has 0 atom stereocenters. The molecule has 180 valence electrons. The predicted molar refractivity (Wildman–Crippen MR) is 138 cm³/mol. The van der Waals surface area contributed by atoms with Crippen molar-refractivity contribution in [2.45, 2.75) is 19.6 Å². The molecular formula is C27H24N6O2S. The van der Waals surface area contributed by atoms with Gasteiger partial charge in [0.15, 0.2) is 11.6 Å². The Balaban J connectivity index is 1.23. The summed E-state index contributed by atoms with van der Waals surface area (Å²) in [4.78, 5) is 16.2. The highest BCUT2D eigenvalue weighted by Crippen LogP contribution is 2.28. The SMILES string of the molecule is O=C(c1ccc(-c2cccs2)cc1)N1CCn2c(nnc2-c2cc(-c3ccccc3)n(CCO)n2)C1. The molecule has 6 rings (SSSR count). The standard InChI is InChI=1S/C27H24N6O2S/c34-15-14-33-23(19-5-2-1-3-6-19)17-22(30-33)26-29-28-25-18-31(12-13-32(25)26)27(35)21-10-8-20(9-11-21)24-7-4-16-36-24/h1-11,16-17,34H,12-15,18H2. The van der Waals surface area contributed by atoms with Crippen LogP contribution in [0.4, 0.5) is 0 Å². The number of hydrogen-bond acceptors (Lipinski definition) is 6. The van der Waals surface area contributed by atoms with E-state index < -0.39 is 0 Å². The van der Waals surface area contributed by atoms with Gasteiger partial charge in [-0.1, -0.05) is 48.5 Å². The Morgan fingerprint density at radius 2 is 1.78 bits per heavy atom. The molecule has 0 unspecified atom stereocenters. The Kier molecular flexibility index (Phi) is 5.92. The summed E-state index contributed by atoms with van der Waals surface area (Å²) in [5.74, 6) is 1.39. The van der Waals surface area contributed by atoms with E-state index in [0.717, 1.165) is 22.6 Å². The third kappa shape index (κ3) is 4.12. The Bertz CT molecular complexity index is 1490. The van der Waals surface area contributed by atoms with Crippen molar-refractivity contribution in [3.05, 3.63) is 89.6 Å². The van der Waals surface area contributed by atoms with Crippen molar-refractivity contribution in [3.8, 4) is 33.2 Å². The predicted octanol–water partition coefficient (Wildman–Crippen LogP) is 4.19. The van der Waals surface area contributed by atoms with Crippen molar-refractivity contribution >= 4 is 17.2 Å². The second-order valence-electron chi connectivity index (χ2n) is 8.60. The Morgan fingerprint density at radius 3 is 2.53 bits per heavy atom. The zero-order valence-electron chi connectivity index (χ0n) is 19.5. The fourth-order valence-corrected chi connectivity index (χ4v) is 5.29. The van der Waals surface area contributed by atoms with Crippen molar-refractivity contribution in [1.82, 2.24) is 29.4 Å². The zero-order valence-corrected chi connectivity index (χ0v) is 20.3. The molecule has 5 aromatic rings. The van der Waals surface area contributed by atoms with Crippen molar-refractivity contribution in [3.63, 3.8) is 0 Å². The number of amides is 1. The van der Waals surface area contributed by atoms with Crippen molar-refractivity contribution in [1.29, 1.82) is 0 Å². The molecule has 1 aliphatic heterocycles. The first-order chi connectivity index (χ1) is 17.7. The lowest BCUT2D eigenvalue weighted by atomic mass is 10.1. The van der Waals surface area contributed by atoms with E-state index in [0.29, 0.717) is 43.3 Å². The third-order valence-corrected chi connectivity index (χ3v) is 7.29. The van der Waals surface area contributed by atoms with Crippen molar-refractivity contribution in [2.75, 3.05) is 13.2 Å². The normalized spacial score (nSPS) is 13.1. The molecule has 0 radical (unpaired) electrons. The first-order valence-electron chi connectivity index (χ1n) is 11.8. The largest absolute Gasteiger partial charge is 0.394 e. The minimum atomic E-state index is -0.0119. The molecule has 0 saturated heterocycles. The molecule has 3 aromatic heterocycles. The zero-order chi connectivity index (χ0) is 24.5. The van der Waals surface area contributed by atoms with Crippen LogP contribution >= 0.6 is 11.3 Å². The van der Waals surface area contributed by atoms with Crippen LogP contribution in [0.1, 0.15) is 16.2 Å². The molecule has 1 aliphatic rings. The summed E-state index contributed by atoms with van der Waals surface area (Å²) in [5, 5.41) is 25.1. The molecule has 0 spiro atoms. The number of rotatable bonds is 6. The lowest BCUT2D eigenvalue weighted by Crippen LogP contribution is -2.38. The van der Waals surface area contributed by atoms with Gasteiger partial charge < -0.3 is 14.6 Å². The van der Waals surface area contributed by atoms with Crippen LogP contribution < -0.4 is 0 Å². The number of hydrogen-bond donors (Lipinski definition) is 1. The highest BCUT2D eigenvalue weighted by molar-refractivity contribution is 7.13. The molecule has 9 heteroatoms. The molecule has 4 heterocycles. The summed E-state index contributed by atoms with van der Waals surface area (Å²) < 4.78 is 3.83. The van der Waals surface area contributed by atoms with Crippen LogP contribution in [0.2, 0.25) is 0 Å². The quantitative estimate of drug-likeness (QED) is 0.381. The number of nitrogens with zero attached hydrogens (tertiary/aromatic N) is 6. The van der Waals surface area contributed by atoms with Gasteiger partial charge in [0.1, 0.15) is 5.69 Å². The van der Waals surface area contributed by atoms with E-state index in [4.69, 9.17) is 5.10 Å². The number of aromatic nitrogens is 5. The number of carbonyl (C=O) groups is 1.